The van der Waals surface area contributed by atoms with E-state index in [-0.39, 0.29) is 0 Å². The highest BCUT2D eigenvalue weighted by Crippen LogP contribution is 2.15. The summed E-state index contributed by atoms with van der Waals surface area (Å²) >= 11 is 0. The lowest BCUT2D eigenvalue weighted by Gasteiger charge is -2.25. The van der Waals surface area contributed by atoms with E-state index in [4.69, 9.17) is 0 Å². The van der Waals surface area contributed by atoms with Crippen LogP contribution in [-0.4, -0.2) is 16.2 Å². The van der Waals surface area contributed by atoms with Crippen LogP contribution in [0.25, 0.3) is 22.8 Å². The van der Waals surface area contributed by atoms with Crippen LogP contribution in [0.15, 0.2) is 85.5 Å². The molecule has 2 aromatic carbocycles. The van der Waals surface area contributed by atoms with Crippen molar-refractivity contribution >= 4 is 8.60 Å². The molecule has 7 nitrogen and oxygen atoms in total. The van der Waals surface area contributed by atoms with Gasteiger partial charge < -0.3 is 14.3 Å². The molecule has 2 heterocycles. The molecular formula is C25H33N4O3P. The predicted molar refractivity (Wildman–Crippen MR) is 127 cm³/mol. The molecule has 0 amide bonds. The lowest BCUT2D eigenvalue weighted by molar-refractivity contribution is -0.659. The van der Waals surface area contributed by atoms with Gasteiger partial charge in [-0.15, -0.1) is 0 Å². The fourth-order valence-corrected chi connectivity index (χ4v) is 3.47. The van der Waals surface area contributed by atoms with E-state index in [0.717, 1.165) is 20.2 Å². The van der Waals surface area contributed by atoms with Crippen molar-refractivity contribution in [1.29, 1.82) is 0 Å². The Hall–Kier alpha value is -2.83. The summed E-state index contributed by atoms with van der Waals surface area (Å²) < 4.78 is 12.5. The average Bonchev–Trinajstić information content (AvgIpc) is 3.42. The highest BCUT2D eigenvalue weighted by molar-refractivity contribution is 7.36. The van der Waals surface area contributed by atoms with Crippen LogP contribution >= 0.6 is 8.60 Å². The van der Waals surface area contributed by atoms with E-state index in [0.29, 0.717) is 0 Å². The number of aryl methyl sites for hydroxylation is 4. The van der Waals surface area contributed by atoms with Gasteiger partial charge in [0.1, 0.15) is 24.8 Å². The average molecular weight is 469 g/mol. The summed E-state index contributed by atoms with van der Waals surface area (Å²) in [4.78, 5) is 18.4. The zero-order chi connectivity index (χ0) is 24.2. The maximum atomic E-state index is 9.18. The summed E-state index contributed by atoms with van der Waals surface area (Å²) in [6, 6.07) is 20.9. The molecule has 0 aliphatic heterocycles. The fraction of sp³-hybridized carbons (Fsp3) is 0.280. The molecular weight excluding hydrogens is 435 g/mol. The number of hydrogen-bond acceptors (Lipinski definition) is 3. The third-order valence-electron chi connectivity index (χ3n) is 5.05. The van der Waals surface area contributed by atoms with Crippen LogP contribution in [0.1, 0.15) is 13.8 Å². The number of hydrogen-bond donors (Lipinski definition) is 0. The monoisotopic (exact) mass is 468 g/mol. The van der Waals surface area contributed by atoms with Crippen molar-refractivity contribution < 1.29 is 23.4 Å². The molecule has 0 radical (unpaired) electrons. The van der Waals surface area contributed by atoms with E-state index >= 15 is 0 Å². The maximum Gasteiger partial charge on any atom is 0.288 e. The zero-order valence-electron chi connectivity index (χ0n) is 20.0. The standard InChI is InChI=1S/2C12H15N2.CH3O3P/c2*1-3-14-10-9-13(2)12(14)11-7-5-4-6-8-11;1-4-5(2)3/h2*4-10H,3H2,1-2H3;1H3/q2*+1;-2. The van der Waals surface area contributed by atoms with E-state index in [1.54, 1.807) is 0 Å². The Morgan fingerprint density at radius 2 is 1.06 bits per heavy atom. The van der Waals surface area contributed by atoms with Gasteiger partial charge in [-0.3, -0.25) is 0 Å². The topological polar surface area (TPSA) is 73.0 Å². The van der Waals surface area contributed by atoms with Gasteiger partial charge in [0.2, 0.25) is 0 Å². The largest absolute Gasteiger partial charge is 0.820 e. The number of imidazole rings is 2. The molecule has 4 rings (SSSR count). The molecule has 33 heavy (non-hydrogen) atoms. The Balaban J connectivity index is 0.000000195. The minimum absolute atomic E-state index is 1.01. The van der Waals surface area contributed by atoms with Gasteiger partial charge >= 0.3 is 0 Å². The molecule has 4 aromatic rings. The van der Waals surface area contributed by atoms with Gasteiger partial charge in [0.15, 0.2) is 0 Å². The second-order valence-electron chi connectivity index (χ2n) is 7.18. The SMILES string of the molecule is CCn1cc[n+](C)c1-c1ccccc1.CCn1cc[n+](C)c1-c1ccccc1.COP([O-])[O-]. The molecule has 0 spiro atoms. The van der Waals surface area contributed by atoms with Gasteiger partial charge in [-0.2, -0.15) is 8.60 Å². The molecule has 176 valence electrons. The Morgan fingerprint density at radius 1 is 0.727 bits per heavy atom. The number of aromatic nitrogens is 4. The molecule has 0 fully saturated rings. The second kappa shape index (κ2) is 13.7. The van der Waals surface area contributed by atoms with E-state index in [1.807, 2.05) is 12.1 Å². The molecule has 0 bridgehead atoms. The smallest absolute Gasteiger partial charge is 0.288 e. The first kappa shape index (κ1) is 26.4. The molecule has 0 saturated carbocycles. The first-order valence-electron chi connectivity index (χ1n) is 10.8. The summed E-state index contributed by atoms with van der Waals surface area (Å²) in [5.41, 5.74) is 2.53. The summed E-state index contributed by atoms with van der Waals surface area (Å²) in [6.45, 7) is 6.33. The lowest BCUT2D eigenvalue weighted by atomic mass is 10.2. The quantitative estimate of drug-likeness (QED) is 0.334. The van der Waals surface area contributed by atoms with Gasteiger partial charge in [-0.1, -0.05) is 36.4 Å². The maximum absolute atomic E-state index is 9.18. The first-order chi connectivity index (χ1) is 15.9. The minimum Gasteiger partial charge on any atom is -0.820 e. The summed E-state index contributed by atoms with van der Waals surface area (Å²) in [5.74, 6) is 2.52. The highest BCUT2D eigenvalue weighted by Gasteiger charge is 2.15. The second-order valence-corrected chi connectivity index (χ2v) is 7.99. The summed E-state index contributed by atoms with van der Waals surface area (Å²) in [7, 11) is 2.66. The number of rotatable bonds is 5. The van der Waals surface area contributed by atoms with Crippen LogP contribution in [-0.2, 0) is 31.7 Å². The van der Waals surface area contributed by atoms with Crippen molar-refractivity contribution in [2.45, 2.75) is 26.9 Å². The van der Waals surface area contributed by atoms with Crippen LogP contribution in [0, 0.1) is 0 Å². The van der Waals surface area contributed by atoms with Crippen LogP contribution in [0.4, 0.5) is 0 Å². The molecule has 0 saturated heterocycles. The Morgan fingerprint density at radius 3 is 1.33 bits per heavy atom. The molecule has 8 heteroatoms. The van der Waals surface area contributed by atoms with E-state index < -0.39 is 8.60 Å². The van der Waals surface area contributed by atoms with Crippen molar-refractivity contribution in [2.75, 3.05) is 7.11 Å². The third-order valence-corrected chi connectivity index (χ3v) is 5.35. The Bertz CT molecular complexity index is 996. The van der Waals surface area contributed by atoms with Gasteiger partial charge in [-0.25, -0.2) is 18.3 Å². The van der Waals surface area contributed by atoms with Crippen LogP contribution in [0.5, 0.6) is 0 Å². The molecule has 0 aliphatic carbocycles. The third kappa shape index (κ3) is 7.62. The fourth-order valence-electron chi connectivity index (χ4n) is 3.47. The number of nitrogens with zero attached hydrogens (tertiary/aromatic N) is 4. The molecule has 0 aliphatic rings. The Labute approximate surface area is 197 Å². The van der Waals surface area contributed by atoms with Crippen molar-refractivity contribution in [1.82, 2.24) is 9.13 Å². The zero-order valence-corrected chi connectivity index (χ0v) is 20.9. The van der Waals surface area contributed by atoms with Crippen LogP contribution < -0.4 is 18.9 Å². The van der Waals surface area contributed by atoms with Crippen molar-refractivity contribution in [3.05, 3.63) is 85.5 Å². The highest BCUT2D eigenvalue weighted by atomic mass is 31.2. The van der Waals surface area contributed by atoms with Crippen molar-refractivity contribution in [3.63, 3.8) is 0 Å². The van der Waals surface area contributed by atoms with Gasteiger partial charge in [0.05, 0.1) is 38.3 Å². The van der Waals surface area contributed by atoms with Gasteiger partial charge in [-0.05, 0) is 38.1 Å². The normalized spacial score (nSPS) is 10.3. The van der Waals surface area contributed by atoms with Crippen LogP contribution in [0.2, 0.25) is 0 Å². The van der Waals surface area contributed by atoms with E-state index in [1.165, 1.54) is 22.8 Å². The van der Waals surface area contributed by atoms with Crippen molar-refractivity contribution in [3.8, 4) is 22.8 Å². The lowest BCUT2D eigenvalue weighted by Crippen LogP contribution is -2.28. The molecule has 0 atom stereocenters. The molecule has 0 unspecified atom stereocenters. The van der Waals surface area contributed by atoms with E-state index in [2.05, 4.69) is 124 Å². The van der Waals surface area contributed by atoms with Gasteiger partial charge in [0, 0.05) is 7.11 Å². The summed E-state index contributed by atoms with van der Waals surface area (Å²) in [5, 5.41) is 0. The molecule has 2 aromatic heterocycles. The van der Waals surface area contributed by atoms with E-state index in [9.17, 15) is 9.79 Å². The minimum atomic E-state index is -2.60. The van der Waals surface area contributed by atoms with Crippen molar-refractivity contribution in [2.24, 2.45) is 14.1 Å². The number of benzene rings is 2. The predicted octanol–water partition coefficient (Wildman–Crippen LogP) is 2.58. The first-order valence-corrected chi connectivity index (χ1v) is 11.9. The summed E-state index contributed by atoms with van der Waals surface area (Å²) in [6.07, 6.45) is 8.41. The van der Waals surface area contributed by atoms with Crippen LogP contribution in [0.3, 0.4) is 0 Å². The Kier molecular flexibility index (Phi) is 10.9. The molecule has 0 N–H and O–H groups in total. The van der Waals surface area contributed by atoms with Gasteiger partial charge in [0.25, 0.3) is 11.6 Å².